The van der Waals surface area contributed by atoms with Crippen LogP contribution in [0.15, 0.2) is 18.3 Å². The fourth-order valence-electron chi connectivity index (χ4n) is 2.18. The lowest BCUT2D eigenvalue weighted by Crippen LogP contribution is -2.43. The first-order valence-corrected chi connectivity index (χ1v) is 7.24. The van der Waals surface area contributed by atoms with Crippen molar-refractivity contribution in [2.45, 2.75) is 38.8 Å². The highest BCUT2D eigenvalue weighted by Gasteiger charge is 2.35. The Morgan fingerprint density at radius 3 is 2.61 bits per heavy atom. The molecule has 1 aliphatic rings. The maximum absolute atomic E-state index is 12.3. The van der Waals surface area contributed by atoms with Gasteiger partial charge in [0.05, 0.1) is 5.56 Å². The van der Waals surface area contributed by atoms with E-state index in [1.165, 1.54) is 17.2 Å². The van der Waals surface area contributed by atoms with Gasteiger partial charge in [0, 0.05) is 12.7 Å². The molecule has 1 fully saturated rings. The summed E-state index contributed by atoms with van der Waals surface area (Å²) in [5.41, 5.74) is 4.79. The molecule has 0 saturated carbocycles. The van der Waals surface area contributed by atoms with Gasteiger partial charge in [-0.1, -0.05) is 0 Å². The molecule has 0 spiro atoms. The molecule has 1 atom stereocenters. The lowest BCUT2D eigenvalue weighted by atomic mass is 10.2. The first kappa shape index (κ1) is 16.7. The molecule has 2 rings (SSSR count). The Morgan fingerprint density at radius 1 is 1.39 bits per heavy atom. The summed E-state index contributed by atoms with van der Waals surface area (Å²) >= 11 is 0. The molecular formula is C15H20N4O4. The molecule has 0 radical (unpaired) electrons. The molecule has 0 aliphatic carbocycles. The van der Waals surface area contributed by atoms with Gasteiger partial charge in [0.25, 0.3) is 5.91 Å². The highest BCUT2D eigenvalue weighted by molar-refractivity contribution is 6.00. The van der Waals surface area contributed by atoms with Crippen molar-refractivity contribution in [3.63, 3.8) is 0 Å². The Balaban J connectivity index is 2.01. The van der Waals surface area contributed by atoms with Crippen molar-refractivity contribution in [2.24, 2.45) is 5.73 Å². The van der Waals surface area contributed by atoms with Gasteiger partial charge < -0.3 is 15.8 Å². The maximum Gasteiger partial charge on any atom is 0.408 e. The molecule has 0 bridgehead atoms. The van der Waals surface area contributed by atoms with E-state index >= 15 is 0 Å². The Bertz CT molecular complexity index is 621. The van der Waals surface area contributed by atoms with Crippen LogP contribution in [0.4, 0.5) is 10.6 Å². The van der Waals surface area contributed by atoms with Gasteiger partial charge in [-0.05, 0) is 39.3 Å². The number of alkyl carbamates (subject to hydrolysis) is 1. The highest BCUT2D eigenvalue weighted by atomic mass is 16.6. The Hall–Kier alpha value is -2.64. The van der Waals surface area contributed by atoms with Gasteiger partial charge in [-0.3, -0.25) is 14.5 Å². The molecule has 8 heteroatoms. The van der Waals surface area contributed by atoms with Crippen LogP contribution in [0.2, 0.25) is 0 Å². The highest BCUT2D eigenvalue weighted by Crippen LogP contribution is 2.20. The third-order valence-corrected chi connectivity index (χ3v) is 3.21. The summed E-state index contributed by atoms with van der Waals surface area (Å²) in [7, 11) is 0. The van der Waals surface area contributed by atoms with Crippen LogP contribution in [0.25, 0.3) is 0 Å². The number of hydrogen-bond acceptors (Lipinski definition) is 5. The van der Waals surface area contributed by atoms with E-state index in [4.69, 9.17) is 10.5 Å². The SMILES string of the molecule is CC(C)(C)OC(=O)N[C@H]1CCN(c2ccc(C(N)=O)cn2)C1=O. The molecule has 0 aromatic carbocycles. The van der Waals surface area contributed by atoms with Gasteiger partial charge in [-0.2, -0.15) is 0 Å². The van der Waals surface area contributed by atoms with Crippen LogP contribution in [-0.2, 0) is 9.53 Å². The second kappa shape index (κ2) is 6.23. The van der Waals surface area contributed by atoms with Gasteiger partial charge in [0.15, 0.2) is 0 Å². The molecule has 1 saturated heterocycles. The first-order chi connectivity index (χ1) is 10.7. The summed E-state index contributed by atoms with van der Waals surface area (Å²) in [6.07, 6.45) is 1.14. The van der Waals surface area contributed by atoms with Gasteiger partial charge in [-0.15, -0.1) is 0 Å². The zero-order valence-corrected chi connectivity index (χ0v) is 13.3. The van der Waals surface area contributed by atoms with Gasteiger partial charge in [-0.25, -0.2) is 9.78 Å². The largest absolute Gasteiger partial charge is 0.444 e. The number of aromatic nitrogens is 1. The number of nitrogens with one attached hydrogen (secondary N) is 1. The summed E-state index contributed by atoms with van der Waals surface area (Å²) in [6, 6.07) is 2.41. The number of ether oxygens (including phenoxy) is 1. The summed E-state index contributed by atoms with van der Waals surface area (Å²) in [4.78, 5) is 40.6. The number of rotatable bonds is 3. The molecule has 8 nitrogen and oxygen atoms in total. The summed E-state index contributed by atoms with van der Waals surface area (Å²) in [5.74, 6) is -0.440. The quantitative estimate of drug-likeness (QED) is 0.855. The predicted molar refractivity (Wildman–Crippen MR) is 82.9 cm³/mol. The van der Waals surface area contributed by atoms with Crippen LogP contribution in [0.1, 0.15) is 37.6 Å². The number of primary amides is 1. The minimum atomic E-state index is -0.650. The van der Waals surface area contributed by atoms with Gasteiger partial charge >= 0.3 is 6.09 Å². The smallest absolute Gasteiger partial charge is 0.408 e. The van der Waals surface area contributed by atoms with Crippen molar-refractivity contribution >= 4 is 23.7 Å². The molecule has 1 aliphatic heterocycles. The number of nitrogens with zero attached hydrogens (tertiary/aromatic N) is 2. The fourth-order valence-corrected chi connectivity index (χ4v) is 2.18. The molecule has 1 aromatic rings. The van der Waals surface area contributed by atoms with E-state index in [1.54, 1.807) is 26.8 Å². The number of carbonyl (C=O) groups is 3. The number of carbonyl (C=O) groups excluding carboxylic acids is 3. The van der Waals surface area contributed by atoms with Crippen LogP contribution in [0, 0.1) is 0 Å². The lowest BCUT2D eigenvalue weighted by Gasteiger charge is -2.21. The van der Waals surface area contributed by atoms with Crippen LogP contribution < -0.4 is 16.0 Å². The predicted octanol–water partition coefficient (Wildman–Crippen LogP) is 0.810. The second-order valence-electron chi connectivity index (χ2n) is 6.25. The van der Waals surface area contributed by atoms with E-state index in [1.807, 2.05) is 0 Å². The Labute approximate surface area is 134 Å². The van der Waals surface area contributed by atoms with E-state index in [0.717, 1.165) is 0 Å². The standard InChI is InChI=1S/C15H20N4O4/c1-15(2,3)23-14(22)18-10-6-7-19(13(10)21)11-5-4-9(8-17-11)12(16)20/h4-5,8,10H,6-7H2,1-3H3,(H2,16,20)(H,18,22)/t10-/m0/s1. The molecular weight excluding hydrogens is 300 g/mol. The minimum Gasteiger partial charge on any atom is -0.444 e. The number of nitrogens with two attached hydrogens (primary N) is 1. The van der Waals surface area contributed by atoms with Gasteiger partial charge in [0.1, 0.15) is 17.5 Å². The number of anilines is 1. The molecule has 1 aromatic heterocycles. The molecule has 0 unspecified atom stereocenters. The van der Waals surface area contributed by atoms with Crippen molar-refractivity contribution in [3.8, 4) is 0 Å². The van der Waals surface area contributed by atoms with Crippen LogP contribution >= 0.6 is 0 Å². The summed E-state index contributed by atoms with van der Waals surface area (Å²) in [5, 5.41) is 2.56. The number of pyridine rings is 1. The molecule has 23 heavy (non-hydrogen) atoms. The number of hydrogen-bond donors (Lipinski definition) is 2. The number of amides is 3. The average molecular weight is 320 g/mol. The third kappa shape index (κ3) is 4.18. The van der Waals surface area contributed by atoms with Crippen molar-refractivity contribution in [3.05, 3.63) is 23.9 Å². The molecule has 2 heterocycles. The first-order valence-electron chi connectivity index (χ1n) is 7.24. The van der Waals surface area contributed by atoms with Crippen LogP contribution in [-0.4, -0.2) is 41.1 Å². The summed E-state index contributed by atoms with van der Waals surface area (Å²) < 4.78 is 5.14. The average Bonchev–Trinajstić information content (AvgIpc) is 2.78. The normalized spacial score (nSPS) is 18.0. The van der Waals surface area contributed by atoms with E-state index in [9.17, 15) is 14.4 Å². The second-order valence-corrected chi connectivity index (χ2v) is 6.25. The van der Waals surface area contributed by atoms with Crippen molar-refractivity contribution < 1.29 is 19.1 Å². The zero-order valence-electron chi connectivity index (χ0n) is 13.3. The topological polar surface area (TPSA) is 115 Å². The lowest BCUT2D eigenvalue weighted by molar-refractivity contribution is -0.118. The van der Waals surface area contributed by atoms with Crippen molar-refractivity contribution in [1.82, 2.24) is 10.3 Å². The monoisotopic (exact) mass is 320 g/mol. The van der Waals surface area contributed by atoms with Crippen LogP contribution in [0.3, 0.4) is 0 Å². The van der Waals surface area contributed by atoms with E-state index < -0.39 is 23.6 Å². The zero-order chi connectivity index (χ0) is 17.2. The van der Waals surface area contributed by atoms with E-state index in [2.05, 4.69) is 10.3 Å². The molecule has 124 valence electrons. The van der Waals surface area contributed by atoms with E-state index in [0.29, 0.717) is 18.8 Å². The van der Waals surface area contributed by atoms with Crippen LogP contribution in [0.5, 0.6) is 0 Å². The third-order valence-electron chi connectivity index (χ3n) is 3.21. The molecule has 3 N–H and O–H groups in total. The Morgan fingerprint density at radius 2 is 2.09 bits per heavy atom. The van der Waals surface area contributed by atoms with Gasteiger partial charge in [0.2, 0.25) is 5.91 Å². The molecule has 3 amide bonds. The van der Waals surface area contributed by atoms with E-state index in [-0.39, 0.29) is 11.5 Å². The maximum atomic E-state index is 12.3. The minimum absolute atomic E-state index is 0.267. The van der Waals surface area contributed by atoms with Crippen molar-refractivity contribution in [2.75, 3.05) is 11.4 Å². The summed E-state index contributed by atoms with van der Waals surface area (Å²) in [6.45, 7) is 5.67. The van der Waals surface area contributed by atoms with Crippen molar-refractivity contribution in [1.29, 1.82) is 0 Å². The fraction of sp³-hybridized carbons (Fsp3) is 0.467. The Kier molecular flexibility index (Phi) is 4.53.